The molecule has 5 aliphatic carbocycles. The number of fused-ring (bicyclic) bond motifs is 7. The number of carbonyl (C=O) groups is 2. The Kier molecular flexibility index (Phi) is 5.01. The second kappa shape index (κ2) is 7.09. The average molecular weight is 475 g/mol. The quantitative estimate of drug-likeness (QED) is 0.386. The van der Waals surface area contributed by atoms with Gasteiger partial charge in [0.1, 0.15) is 11.9 Å². The van der Waals surface area contributed by atoms with Crippen LogP contribution in [0.4, 0.5) is 0 Å². The molecule has 5 aliphatic rings. The number of ketones is 2. The summed E-state index contributed by atoms with van der Waals surface area (Å²) in [5, 5.41) is 20.3. The van der Waals surface area contributed by atoms with Crippen LogP contribution in [0.1, 0.15) is 99.8 Å². The van der Waals surface area contributed by atoms with Crippen LogP contribution in [0.5, 0.6) is 0 Å². The molecular formula is C31H42N2O2. The number of allylic oxidation sites excluding steroid dienone is 2. The number of rotatable bonds is 0. The molecule has 8 atom stereocenters. The van der Waals surface area contributed by atoms with Crippen molar-refractivity contribution in [3.63, 3.8) is 0 Å². The SMILES string of the molecule is CC1(C)CC[C@]2(C#N)CC[C@]3(C)C(C(=O)CC4[C@@]5(C)C=C(C#N)C(=O)C(C)(C)[C@@H]5CC[C@]43C)C2C1. The third-order valence-electron chi connectivity index (χ3n) is 12.7. The van der Waals surface area contributed by atoms with Crippen LogP contribution in [-0.4, -0.2) is 11.6 Å². The minimum atomic E-state index is -0.605. The Balaban J connectivity index is 1.64. The van der Waals surface area contributed by atoms with Crippen molar-refractivity contribution in [2.24, 2.45) is 56.2 Å². The molecule has 35 heavy (non-hydrogen) atoms. The highest BCUT2D eigenvalue weighted by atomic mass is 16.1. The third kappa shape index (κ3) is 2.89. The molecule has 0 N–H and O–H groups in total. The molecule has 0 radical (unpaired) electrons. The van der Waals surface area contributed by atoms with Crippen molar-refractivity contribution < 1.29 is 9.59 Å². The Labute approximate surface area is 211 Å². The van der Waals surface area contributed by atoms with Crippen molar-refractivity contribution in [3.8, 4) is 12.1 Å². The summed E-state index contributed by atoms with van der Waals surface area (Å²) < 4.78 is 0. The van der Waals surface area contributed by atoms with E-state index in [-0.39, 0.29) is 62.1 Å². The lowest BCUT2D eigenvalue weighted by Crippen LogP contribution is -2.68. The summed E-state index contributed by atoms with van der Waals surface area (Å²) in [4.78, 5) is 27.5. The first kappa shape index (κ1) is 24.7. The Morgan fingerprint density at radius 1 is 0.857 bits per heavy atom. The first-order chi connectivity index (χ1) is 16.1. The number of hydrogen-bond acceptors (Lipinski definition) is 4. The molecule has 4 saturated carbocycles. The Hall–Kier alpha value is -1.94. The van der Waals surface area contributed by atoms with E-state index in [1.165, 1.54) is 0 Å². The lowest BCUT2D eigenvalue weighted by atomic mass is 9.31. The Bertz CT molecular complexity index is 1120. The zero-order chi connectivity index (χ0) is 25.8. The molecule has 0 aromatic carbocycles. The van der Waals surface area contributed by atoms with E-state index in [2.05, 4.69) is 46.8 Å². The summed E-state index contributed by atoms with van der Waals surface area (Å²) in [6.45, 7) is 15.6. The molecule has 188 valence electrons. The number of carbonyl (C=O) groups excluding carboxylic acids is 2. The van der Waals surface area contributed by atoms with Gasteiger partial charge in [0.05, 0.1) is 17.1 Å². The molecule has 4 fully saturated rings. The molecule has 0 bridgehead atoms. The molecule has 5 rings (SSSR count). The summed E-state index contributed by atoms with van der Waals surface area (Å²) in [5.74, 6) is 0.569. The van der Waals surface area contributed by atoms with E-state index >= 15 is 0 Å². The molecule has 0 saturated heterocycles. The maximum Gasteiger partial charge on any atom is 0.178 e. The van der Waals surface area contributed by atoms with Crippen molar-refractivity contribution >= 4 is 11.6 Å². The van der Waals surface area contributed by atoms with Crippen LogP contribution in [0, 0.1) is 78.8 Å². The molecule has 0 aromatic heterocycles. The largest absolute Gasteiger partial charge is 0.299 e. The number of Topliss-reactive ketones (excluding diaryl/α,β-unsaturated/α-hetero) is 2. The molecule has 0 aromatic rings. The van der Waals surface area contributed by atoms with E-state index in [1.807, 2.05) is 19.9 Å². The zero-order valence-electron chi connectivity index (χ0n) is 22.8. The molecular weight excluding hydrogens is 432 g/mol. The maximum atomic E-state index is 14.3. The second-order valence-electron chi connectivity index (χ2n) is 15.0. The first-order valence-electron chi connectivity index (χ1n) is 13.7. The fourth-order valence-corrected chi connectivity index (χ4v) is 10.5. The molecule has 0 heterocycles. The zero-order valence-corrected chi connectivity index (χ0v) is 22.8. The van der Waals surface area contributed by atoms with Gasteiger partial charge >= 0.3 is 0 Å². The summed E-state index contributed by atoms with van der Waals surface area (Å²) in [6, 6.07) is 4.96. The predicted octanol–water partition coefficient (Wildman–Crippen LogP) is 6.81. The molecule has 4 heteroatoms. The van der Waals surface area contributed by atoms with Crippen LogP contribution in [0.15, 0.2) is 11.6 Å². The lowest BCUT2D eigenvalue weighted by Gasteiger charge is -2.71. The maximum absolute atomic E-state index is 14.3. The van der Waals surface area contributed by atoms with Gasteiger partial charge in [-0.05, 0) is 84.4 Å². The highest BCUT2D eigenvalue weighted by Gasteiger charge is 2.72. The number of nitriles is 2. The van der Waals surface area contributed by atoms with Crippen LogP contribution in [0.25, 0.3) is 0 Å². The minimum Gasteiger partial charge on any atom is -0.299 e. The van der Waals surface area contributed by atoms with E-state index < -0.39 is 5.41 Å². The molecule has 3 unspecified atom stereocenters. The summed E-state index contributed by atoms with van der Waals surface area (Å²) >= 11 is 0. The fourth-order valence-electron chi connectivity index (χ4n) is 10.5. The van der Waals surface area contributed by atoms with Crippen molar-refractivity contribution in [1.29, 1.82) is 10.5 Å². The van der Waals surface area contributed by atoms with Crippen molar-refractivity contribution in [2.45, 2.75) is 99.8 Å². The number of hydrogen-bond donors (Lipinski definition) is 0. The second-order valence-corrected chi connectivity index (χ2v) is 15.0. The minimum absolute atomic E-state index is 0.0433. The van der Waals surface area contributed by atoms with Crippen LogP contribution in [0.3, 0.4) is 0 Å². The van der Waals surface area contributed by atoms with Gasteiger partial charge in [-0.3, -0.25) is 9.59 Å². The van der Waals surface area contributed by atoms with Crippen molar-refractivity contribution in [1.82, 2.24) is 0 Å². The summed E-state index contributed by atoms with van der Waals surface area (Å²) in [7, 11) is 0. The van der Waals surface area contributed by atoms with Crippen LogP contribution in [0.2, 0.25) is 0 Å². The van der Waals surface area contributed by atoms with Crippen LogP contribution >= 0.6 is 0 Å². The monoisotopic (exact) mass is 474 g/mol. The third-order valence-corrected chi connectivity index (χ3v) is 12.7. The predicted molar refractivity (Wildman–Crippen MR) is 135 cm³/mol. The Morgan fingerprint density at radius 2 is 1.51 bits per heavy atom. The van der Waals surface area contributed by atoms with Gasteiger partial charge < -0.3 is 0 Å². The van der Waals surface area contributed by atoms with E-state index in [9.17, 15) is 20.1 Å². The van der Waals surface area contributed by atoms with Gasteiger partial charge in [-0.2, -0.15) is 10.5 Å². The van der Waals surface area contributed by atoms with Crippen molar-refractivity contribution in [2.75, 3.05) is 0 Å². The first-order valence-corrected chi connectivity index (χ1v) is 13.7. The van der Waals surface area contributed by atoms with Gasteiger partial charge in [-0.1, -0.05) is 54.5 Å². The lowest BCUT2D eigenvalue weighted by molar-refractivity contribution is -0.216. The van der Waals surface area contributed by atoms with Gasteiger partial charge in [0, 0.05) is 17.8 Å². The number of nitrogens with zero attached hydrogens (tertiary/aromatic N) is 2. The average Bonchev–Trinajstić information content (AvgIpc) is 2.77. The molecule has 0 spiro atoms. The van der Waals surface area contributed by atoms with Gasteiger partial charge in [0.25, 0.3) is 0 Å². The standard InChI is InChI=1S/C31H42N2O2/c1-26(2)10-12-31(18-33)13-11-30(7)24(20(31)16-26)21(34)14-23-28(5)15-19(17-32)25(35)27(3,4)22(28)8-9-29(23,30)6/h15,20,22-24H,8-14,16H2,1-7H3/t20?,22-,23?,24?,28-,29+,30+,31+/m0/s1. The van der Waals surface area contributed by atoms with E-state index in [0.717, 1.165) is 44.9 Å². The highest BCUT2D eigenvalue weighted by molar-refractivity contribution is 6.04. The summed E-state index contributed by atoms with van der Waals surface area (Å²) in [6.07, 6.45) is 9.12. The van der Waals surface area contributed by atoms with Crippen LogP contribution in [-0.2, 0) is 9.59 Å². The molecule has 4 nitrogen and oxygen atoms in total. The van der Waals surface area contributed by atoms with Gasteiger partial charge in [-0.15, -0.1) is 0 Å². The normalized spacial score (nSPS) is 49.8. The van der Waals surface area contributed by atoms with Gasteiger partial charge in [-0.25, -0.2) is 0 Å². The Morgan fingerprint density at radius 3 is 2.14 bits per heavy atom. The van der Waals surface area contributed by atoms with Gasteiger partial charge in [0.2, 0.25) is 0 Å². The fraction of sp³-hybridized carbons (Fsp3) is 0.806. The van der Waals surface area contributed by atoms with E-state index in [1.54, 1.807) is 0 Å². The van der Waals surface area contributed by atoms with Crippen LogP contribution < -0.4 is 0 Å². The smallest absolute Gasteiger partial charge is 0.178 e. The van der Waals surface area contributed by atoms with Crippen molar-refractivity contribution in [3.05, 3.63) is 11.6 Å². The van der Waals surface area contributed by atoms with E-state index in [4.69, 9.17) is 0 Å². The summed E-state index contributed by atoms with van der Waals surface area (Å²) in [5.41, 5.74) is -1.16. The van der Waals surface area contributed by atoms with Gasteiger partial charge in [0.15, 0.2) is 5.78 Å². The highest BCUT2D eigenvalue weighted by Crippen LogP contribution is 2.75. The van der Waals surface area contributed by atoms with E-state index in [0.29, 0.717) is 12.2 Å². The topological polar surface area (TPSA) is 81.7 Å². The molecule has 0 aliphatic heterocycles. The molecule has 0 amide bonds.